The Hall–Kier alpha value is -1.88. The van der Waals surface area contributed by atoms with E-state index in [9.17, 15) is 4.79 Å². The van der Waals surface area contributed by atoms with Gasteiger partial charge < -0.3 is 9.80 Å². The molecular weight excluding hydrogens is 372 g/mol. The van der Waals surface area contributed by atoms with Crippen LogP contribution in [0.15, 0.2) is 24.4 Å². The fourth-order valence-electron chi connectivity index (χ4n) is 5.31. The Morgan fingerprint density at radius 3 is 2.57 bits per heavy atom. The average molecular weight is 399 g/mol. The van der Waals surface area contributed by atoms with E-state index in [0.29, 0.717) is 16.8 Å². The van der Waals surface area contributed by atoms with Crippen LogP contribution < -0.4 is 4.90 Å². The highest BCUT2D eigenvalue weighted by Crippen LogP contribution is 2.38. The van der Waals surface area contributed by atoms with Crippen LogP contribution in [0.2, 0.25) is 5.02 Å². The molecule has 2 aliphatic heterocycles. The smallest absolute Gasteiger partial charge is 0.222 e. The van der Waals surface area contributed by atoms with Gasteiger partial charge in [-0.05, 0) is 61.6 Å². The number of halogens is 1. The summed E-state index contributed by atoms with van der Waals surface area (Å²) in [5.74, 6) is 3.37. The van der Waals surface area contributed by atoms with E-state index < -0.39 is 0 Å². The van der Waals surface area contributed by atoms with Crippen molar-refractivity contribution in [3.8, 4) is 0 Å². The Labute approximate surface area is 171 Å². The van der Waals surface area contributed by atoms with Crippen molar-refractivity contribution in [1.82, 2.24) is 14.9 Å². The van der Waals surface area contributed by atoms with Crippen LogP contribution in [-0.2, 0) is 4.79 Å². The van der Waals surface area contributed by atoms with E-state index in [1.54, 1.807) is 0 Å². The lowest BCUT2D eigenvalue weighted by molar-refractivity contribution is -0.131. The molecule has 3 heterocycles. The van der Waals surface area contributed by atoms with E-state index in [-0.39, 0.29) is 0 Å². The highest BCUT2D eigenvalue weighted by Gasteiger charge is 2.38. The number of nitrogens with zero attached hydrogens (tertiary/aromatic N) is 4. The highest BCUT2D eigenvalue weighted by atomic mass is 35.5. The largest absolute Gasteiger partial charge is 0.355 e. The Kier molecular flexibility index (Phi) is 4.87. The number of anilines is 1. The third-order valence-electron chi connectivity index (χ3n) is 6.97. The number of piperidine rings is 1. The van der Waals surface area contributed by atoms with Gasteiger partial charge in [-0.3, -0.25) is 9.78 Å². The van der Waals surface area contributed by atoms with Gasteiger partial charge in [0.1, 0.15) is 5.82 Å². The second-order valence-corrected chi connectivity index (χ2v) is 9.18. The molecule has 3 aliphatic rings. The molecule has 1 aromatic carbocycles. The maximum Gasteiger partial charge on any atom is 0.222 e. The van der Waals surface area contributed by atoms with Crippen molar-refractivity contribution in [3.63, 3.8) is 0 Å². The number of hydrogen-bond donors (Lipinski definition) is 0. The van der Waals surface area contributed by atoms with E-state index in [0.717, 1.165) is 74.1 Å². The molecule has 3 fully saturated rings. The van der Waals surface area contributed by atoms with E-state index in [4.69, 9.17) is 16.6 Å². The number of rotatable bonds is 3. The van der Waals surface area contributed by atoms with Gasteiger partial charge in [0.15, 0.2) is 0 Å². The first-order valence-electron chi connectivity index (χ1n) is 10.6. The summed E-state index contributed by atoms with van der Waals surface area (Å²) in [6, 6.07) is 5.62. The van der Waals surface area contributed by atoms with Crippen molar-refractivity contribution in [2.75, 3.05) is 31.1 Å². The molecule has 1 saturated carbocycles. The van der Waals surface area contributed by atoms with Crippen LogP contribution in [0, 0.1) is 17.8 Å². The summed E-state index contributed by atoms with van der Waals surface area (Å²) >= 11 is 6.03. The van der Waals surface area contributed by atoms with Crippen LogP contribution >= 0.6 is 11.6 Å². The van der Waals surface area contributed by atoms with Crippen molar-refractivity contribution >= 4 is 34.4 Å². The fraction of sp³-hybridized carbons (Fsp3) is 0.591. The molecule has 148 valence electrons. The van der Waals surface area contributed by atoms with Crippen molar-refractivity contribution in [3.05, 3.63) is 29.4 Å². The minimum Gasteiger partial charge on any atom is -0.355 e. The van der Waals surface area contributed by atoms with Crippen molar-refractivity contribution in [1.29, 1.82) is 0 Å². The number of carbonyl (C=O) groups is 1. The Balaban J connectivity index is 1.16. The van der Waals surface area contributed by atoms with Crippen LogP contribution in [-0.4, -0.2) is 47.0 Å². The number of likely N-dealkylation sites (tertiary alicyclic amines) is 1. The summed E-state index contributed by atoms with van der Waals surface area (Å²) in [6.07, 6.45) is 8.67. The quantitative estimate of drug-likeness (QED) is 0.779. The molecule has 2 unspecified atom stereocenters. The number of carbonyl (C=O) groups excluding carboxylic acids is 1. The van der Waals surface area contributed by atoms with Gasteiger partial charge in [0.25, 0.3) is 0 Å². The summed E-state index contributed by atoms with van der Waals surface area (Å²) in [7, 11) is 0. The molecular formula is C22H27ClN4O. The average Bonchev–Trinajstić information content (AvgIpc) is 3.30. The van der Waals surface area contributed by atoms with E-state index in [2.05, 4.69) is 14.8 Å². The number of benzene rings is 1. The summed E-state index contributed by atoms with van der Waals surface area (Å²) in [5, 5.41) is 0.682. The zero-order chi connectivity index (χ0) is 19.1. The zero-order valence-corrected chi connectivity index (χ0v) is 16.9. The molecule has 0 N–H and O–H groups in total. The van der Waals surface area contributed by atoms with E-state index in [1.807, 2.05) is 24.4 Å². The lowest BCUT2D eigenvalue weighted by Crippen LogP contribution is -2.37. The third kappa shape index (κ3) is 3.57. The van der Waals surface area contributed by atoms with Gasteiger partial charge in [0, 0.05) is 37.6 Å². The summed E-state index contributed by atoms with van der Waals surface area (Å²) in [4.78, 5) is 26.5. The molecule has 1 aliphatic carbocycles. The van der Waals surface area contributed by atoms with Gasteiger partial charge in [-0.15, -0.1) is 0 Å². The van der Waals surface area contributed by atoms with Crippen LogP contribution in [0.1, 0.15) is 38.5 Å². The van der Waals surface area contributed by atoms with Crippen LogP contribution in [0.3, 0.4) is 0 Å². The van der Waals surface area contributed by atoms with Gasteiger partial charge >= 0.3 is 0 Å². The normalized spacial score (nSPS) is 25.5. The highest BCUT2D eigenvalue weighted by molar-refractivity contribution is 6.31. The van der Waals surface area contributed by atoms with Gasteiger partial charge in [-0.2, -0.15) is 0 Å². The number of aromatic nitrogens is 2. The van der Waals surface area contributed by atoms with Crippen molar-refractivity contribution in [2.24, 2.45) is 17.8 Å². The molecule has 2 aromatic rings. The second kappa shape index (κ2) is 7.51. The molecule has 5 nitrogen and oxygen atoms in total. The third-order valence-corrected chi connectivity index (χ3v) is 7.21. The first-order chi connectivity index (χ1) is 13.7. The minimum atomic E-state index is 0.384. The van der Waals surface area contributed by atoms with Gasteiger partial charge in [0.05, 0.1) is 17.2 Å². The molecule has 6 heteroatoms. The van der Waals surface area contributed by atoms with Crippen molar-refractivity contribution < 1.29 is 4.79 Å². The molecule has 2 atom stereocenters. The first kappa shape index (κ1) is 18.2. The second-order valence-electron chi connectivity index (χ2n) is 8.75. The van der Waals surface area contributed by atoms with Gasteiger partial charge in [-0.25, -0.2) is 4.98 Å². The number of hydrogen-bond acceptors (Lipinski definition) is 4. The lowest BCUT2D eigenvalue weighted by atomic mass is 9.93. The molecule has 1 amide bonds. The standard InChI is InChI=1S/C22H27ClN4O/c23-18-4-5-19-20(11-18)24-12-21(25-19)26-8-6-15(7-9-26)10-22(28)27-13-16-2-1-3-17(16)14-27/h4-5,11-12,15-17H,1-3,6-10,13-14H2. The summed E-state index contributed by atoms with van der Waals surface area (Å²) in [6.45, 7) is 3.91. The predicted octanol–water partition coefficient (Wildman–Crippen LogP) is 4.15. The predicted molar refractivity (Wildman–Crippen MR) is 112 cm³/mol. The Bertz CT molecular complexity index is 868. The lowest BCUT2D eigenvalue weighted by Gasteiger charge is -2.33. The monoisotopic (exact) mass is 398 g/mol. The minimum absolute atomic E-state index is 0.384. The Morgan fingerprint density at radius 2 is 1.82 bits per heavy atom. The molecule has 0 radical (unpaired) electrons. The van der Waals surface area contributed by atoms with Crippen LogP contribution in [0.5, 0.6) is 0 Å². The molecule has 1 aromatic heterocycles. The maximum absolute atomic E-state index is 12.7. The van der Waals surface area contributed by atoms with Crippen molar-refractivity contribution in [2.45, 2.75) is 38.5 Å². The first-order valence-corrected chi connectivity index (χ1v) is 11.0. The Morgan fingerprint density at radius 1 is 1.07 bits per heavy atom. The van der Waals surface area contributed by atoms with E-state index in [1.165, 1.54) is 19.3 Å². The van der Waals surface area contributed by atoms with E-state index >= 15 is 0 Å². The topological polar surface area (TPSA) is 49.3 Å². The maximum atomic E-state index is 12.7. The van der Waals surface area contributed by atoms with Gasteiger partial charge in [0.2, 0.25) is 5.91 Å². The number of fused-ring (bicyclic) bond motifs is 2. The molecule has 28 heavy (non-hydrogen) atoms. The molecule has 0 bridgehead atoms. The summed E-state index contributed by atoms with van der Waals surface area (Å²) < 4.78 is 0. The fourth-order valence-corrected chi connectivity index (χ4v) is 5.47. The SMILES string of the molecule is O=C(CC1CCN(c2cnc3cc(Cl)ccc3n2)CC1)N1CC2CCCC2C1. The number of amides is 1. The molecule has 2 saturated heterocycles. The summed E-state index contributed by atoms with van der Waals surface area (Å²) in [5.41, 5.74) is 1.70. The van der Waals surface area contributed by atoms with Crippen LogP contribution in [0.4, 0.5) is 5.82 Å². The zero-order valence-electron chi connectivity index (χ0n) is 16.2. The molecule has 0 spiro atoms. The molecule has 5 rings (SSSR count). The van der Waals surface area contributed by atoms with Crippen LogP contribution in [0.25, 0.3) is 11.0 Å². The van der Waals surface area contributed by atoms with Gasteiger partial charge in [-0.1, -0.05) is 18.0 Å².